The molecule has 4 heteroatoms. The largest absolute Gasteiger partial charge is 1.00 e. The van der Waals surface area contributed by atoms with Crippen LogP contribution in [-0.2, 0) is 30.7 Å². The fraction of sp³-hybridized carbons (Fsp3) is 0.182. The van der Waals surface area contributed by atoms with Crippen LogP contribution in [0.25, 0.3) is 11.1 Å². The molecular weight excluding hydrogens is 442 g/mol. The summed E-state index contributed by atoms with van der Waals surface area (Å²) in [5.41, 5.74) is 5.13. The Labute approximate surface area is 184 Å². The van der Waals surface area contributed by atoms with E-state index < -0.39 is 0 Å². The monoisotopic (exact) mass is 462 g/mol. The Bertz CT molecular complexity index is 761. The molecule has 0 fully saturated rings. The molecule has 136 valence electrons. The summed E-state index contributed by atoms with van der Waals surface area (Å²) in [7, 11) is 1.72. The van der Waals surface area contributed by atoms with Gasteiger partial charge in [0.05, 0.1) is 7.11 Å². The maximum atomic E-state index is 5.39. The Balaban J connectivity index is 0.000000480. The number of fused-ring (bicyclic) bond motifs is 3. The SMILES string of the molecule is COc1cc[c-]c2c1-c1ccccc1C2.C[C](C)=[Zr+2].[Cl-].[Cl-].c1cc[cH-]c1. The Morgan fingerprint density at radius 3 is 2.19 bits per heavy atom. The van der Waals surface area contributed by atoms with Crippen molar-refractivity contribution in [1.82, 2.24) is 0 Å². The standard InChI is InChI=1S/C14H11O.C5H5.C3H6.2ClH.Zr/c1-15-13-8-4-6-11-9-10-5-2-3-7-12(10)14(11)13;1-2-4-5-3-1;1-3-2;;;/h2-5,7-8H,9H2,1H3;1-5H;1-2H3;2*1H;/q2*-1;;;;+2/p-2. The van der Waals surface area contributed by atoms with Crippen LogP contribution in [0.2, 0.25) is 0 Å². The molecule has 1 nitrogen and oxygen atoms in total. The van der Waals surface area contributed by atoms with Crippen LogP contribution in [0.3, 0.4) is 0 Å². The Kier molecular flexibility index (Phi) is 12.6. The topological polar surface area (TPSA) is 9.23 Å². The minimum Gasteiger partial charge on any atom is -1.00 e. The first-order valence-electron chi connectivity index (χ1n) is 7.97. The van der Waals surface area contributed by atoms with E-state index in [1.807, 2.05) is 42.5 Å². The number of methoxy groups -OCH3 is 1. The second-order valence-corrected chi connectivity index (χ2v) is 8.15. The van der Waals surface area contributed by atoms with Crippen LogP contribution in [-0.4, -0.2) is 10.3 Å². The van der Waals surface area contributed by atoms with Crippen LogP contribution in [0.1, 0.15) is 25.0 Å². The van der Waals surface area contributed by atoms with Crippen molar-refractivity contribution in [1.29, 1.82) is 0 Å². The van der Waals surface area contributed by atoms with Gasteiger partial charge >= 0.3 is 41.3 Å². The zero-order valence-electron chi connectivity index (χ0n) is 15.2. The summed E-state index contributed by atoms with van der Waals surface area (Å²) in [4.78, 5) is 0. The first-order chi connectivity index (χ1) is 11.6. The number of ether oxygens (including phenoxy) is 1. The van der Waals surface area contributed by atoms with Crippen molar-refractivity contribution in [2.45, 2.75) is 20.3 Å². The van der Waals surface area contributed by atoms with Gasteiger partial charge in [0.1, 0.15) is 0 Å². The van der Waals surface area contributed by atoms with E-state index >= 15 is 0 Å². The van der Waals surface area contributed by atoms with E-state index in [0.29, 0.717) is 0 Å². The molecule has 4 rings (SSSR count). The number of benzene rings is 2. The van der Waals surface area contributed by atoms with E-state index in [-0.39, 0.29) is 24.8 Å². The molecule has 0 radical (unpaired) electrons. The summed E-state index contributed by atoms with van der Waals surface area (Å²) in [6, 6.07) is 25.7. The molecule has 0 atom stereocenters. The third-order valence-corrected chi connectivity index (χ3v) is 3.47. The van der Waals surface area contributed by atoms with E-state index in [4.69, 9.17) is 4.74 Å². The van der Waals surface area contributed by atoms with Crippen molar-refractivity contribution in [2.75, 3.05) is 7.11 Å². The number of halogens is 2. The number of hydrogen-bond donors (Lipinski definition) is 0. The average Bonchev–Trinajstić information content (AvgIpc) is 3.25. The van der Waals surface area contributed by atoms with Crippen molar-refractivity contribution >= 4 is 3.21 Å². The smallest absolute Gasteiger partial charge is 0.172 e. The van der Waals surface area contributed by atoms with Crippen LogP contribution >= 0.6 is 0 Å². The van der Waals surface area contributed by atoms with Crippen LogP contribution in [0, 0.1) is 6.07 Å². The fourth-order valence-electron chi connectivity index (χ4n) is 2.56. The normalized spacial score (nSPS) is 9.58. The van der Waals surface area contributed by atoms with Gasteiger partial charge in [-0.05, 0) is 12.0 Å². The molecule has 3 aromatic rings. The predicted octanol–water partition coefficient (Wildman–Crippen LogP) is -0.775. The van der Waals surface area contributed by atoms with Crippen LogP contribution in [0.15, 0.2) is 66.7 Å². The molecule has 0 heterocycles. The summed E-state index contributed by atoms with van der Waals surface area (Å²) in [6.45, 7) is 4.25. The Hall–Kier alpha value is -1.08. The third kappa shape index (κ3) is 7.27. The van der Waals surface area contributed by atoms with Crippen molar-refractivity contribution in [2.24, 2.45) is 0 Å². The van der Waals surface area contributed by atoms with E-state index in [2.05, 4.69) is 44.2 Å². The van der Waals surface area contributed by atoms with Crippen molar-refractivity contribution < 1.29 is 53.8 Å². The van der Waals surface area contributed by atoms with E-state index in [1.54, 1.807) is 31.3 Å². The van der Waals surface area contributed by atoms with Gasteiger partial charge in [-0.2, -0.15) is 30.3 Å². The van der Waals surface area contributed by atoms with Crippen molar-refractivity contribution in [3.8, 4) is 16.9 Å². The third-order valence-electron chi connectivity index (χ3n) is 3.47. The van der Waals surface area contributed by atoms with Gasteiger partial charge in [0.25, 0.3) is 0 Å². The van der Waals surface area contributed by atoms with Gasteiger partial charge in [-0.3, -0.25) is 0 Å². The quantitative estimate of drug-likeness (QED) is 0.336. The van der Waals surface area contributed by atoms with Gasteiger partial charge in [-0.25, -0.2) is 12.1 Å². The first-order valence-corrected chi connectivity index (χ1v) is 9.20. The minimum atomic E-state index is 0. The van der Waals surface area contributed by atoms with E-state index in [0.717, 1.165) is 12.2 Å². The summed E-state index contributed by atoms with van der Waals surface area (Å²) >= 11 is 1.55. The Morgan fingerprint density at radius 2 is 1.65 bits per heavy atom. The number of rotatable bonds is 1. The second-order valence-electron chi connectivity index (χ2n) is 5.70. The molecule has 0 aromatic heterocycles. The van der Waals surface area contributed by atoms with Crippen molar-refractivity contribution in [3.05, 3.63) is 83.9 Å². The van der Waals surface area contributed by atoms with Gasteiger partial charge in [-0.15, -0.1) is 11.6 Å². The van der Waals surface area contributed by atoms with Crippen molar-refractivity contribution in [3.63, 3.8) is 0 Å². The van der Waals surface area contributed by atoms with E-state index in [1.165, 1.54) is 25.5 Å². The molecule has 26 heavy (non-hydrogen) atoms. The first kappa shape index (κ1) is 24.9. The van der Waals surface area contributed by atoms with Crippen LogP contribution in [0.5, 0.6) is 5.75 Å². The molecule has 1 aliphatic carbocycles. The molecule has 0 saturated carbocycles. The van der Waals surface area contributed by atoms with Gasteiger partial charge < -0.3 is 29.6 Å². The van der Waals surface area contributed by atoms with Gasteiger partial charge in [0, 0.05) is 5.75 Å². The predicted molar refractivity (Wildman–Crippen MR) is 98.5 cm³/mol. The maximum absolute atomic E-state index is 5.39. The maximum Gasteiger partial charge on any atom is -0.172 e. The zero-order chi connectivity index (χ0) is 17.4. The molecule has 0 saturated heterocycles. The summed E-state index contributed by atoms with van der Waals surface area (Å²) < 4.78 is 6.90. The van der Waals surface area contributed by atoms with Gasteiger partial charge in [-0.1, -0.05) is 35.4 Å². The van der Waals surface area contributed by atoms with Crippen LogP contribution < -0.4 is 29.6 Å². The molecule has 0 bridgehead atoms. The molecule has 3 aromatic carbocycles. The molecule has 0 spiro atoms. The zero-order valence-corrected chi connectivity index (χ0v) is 19.2. The van der Waals surface area contributed by atoms with Crippen LogP contribution in [0.4, 0.5) is 0 Å². The molecule has 0 amide bonds. The summed E-state index contributed by atoms with van der Waals surface area (Å²) in [5, 5.41) is 0. The summed E-state index contributed by atoms with van der Waals surface area (Å²) in [6.07, 6.45) is 0.975. The number of hydrogen-bond acceptors (Lipinski definition) is 1. The fourth-order valence-corrected chi connectivity index (χ4v) is 2.56. The van der Waals surface area contributed by atoms with Gasteiger partial charge in [0.15, 0.2) is 0 Å². The minimum absolute atomic E-state index is 0. The molecule has 0 N–H and O–H groups in total. The molecule has 1 aliphatic rings. The average molecular weight is 465 g/mol. The molecule has 0 unspecified atom stereocenters. The molecule has 0 aliphatic heterocycles. The summed E-state index contributed by atoms with van der Waals surface area (Å²) in [5.74, 6) is 0.952. The van der Waals surface area contributed by atoms with E-state index in [9.17, 15) is 0 Å². The second kappa shape index (κ2) is 13.1. The molecular formula is C22H22Cl2OZr-2. The van der Waals surface area contributed by atoms with Gasteiger partial charge in [0.2, 0.25) is 0 Å². The Morgan fingerprint density at radius 1 is 1.04 bits per heavy atom.